The average molecular weight is 351 g/mol. The SMILES string of the molecule is O=[N+]([O-])c1ccc(Br)cc1CNCCOc1ccccc1. The van der Waals surface area contributed by atoms with E-state index in [4.69, 9.17) is 4.74 Å². The van der Waals surface area contributed by atoms with Crippen molar-refractivity contribution >= 4 is 21.6 Å². The molecule has 0 spiro atoms. The highest BCUT2D eigenvalue weighted by atomic mass is 79.9. The summed E-state index contributed by atoms with van der Waals surface area (Å²) >= 11 is 3.32. The molecule has 0 radical (unpaired) electrons. The number of nitro groups is 1. The summed E-state index contributed by atoms with van der Waals surface area (Å²) < 4.78 is 6.36. The van der Waals surface area contributed by atoms with Crippen LogP contribution < -0.4 is 10.1 Å². The third kappa shape index (κ3) is 4.84. The fourth-order valence-corrected chi connectivity index (χ4v) is 2.26. The van der Waals surface area contributed by atoms with Crippen LogP contribution in [0.25, 0.3) is 0 Å². The molecule has 110 valence electrons. The summed E-state index contributed by atoms with van der Waals surface area (Å²) in [5, 5.41) is 14.1. The van der Waals surface area contributed by atoms with Gasteiger partial charge in [0.15, 0.2) is 0 Å². The fraction of sp³-hybridized carbons (Fsp3) is 0.200. The van der Waals surface area contributed by atoms with Crippen molar-refractivity contribution in [3.63, 3.8) is 0 Å². The minimum Gasteiger partial charge on any atom is -0.492 e. The zero-order chi connectivity index (χ0) is 15.1. The Morgan fingerprint density at radius 2 is 1.95 bits per heavy atom. The van der Waals surface area contributed by atoms with Crippen molar-refractivity contribution in [2.75, 3.05) is 13.2 Å². The quantitative estimate of drug-likeness (QED) is 0.471. The first-order chi connectivity index (χ1) is 10.2. The number of hydrogen-bond donors (Lipinski definition) is 1. The van der Waals surface area contributed by atoms with Crippen LogP contribution >= 0.6 is 15.9 Å². The van der Waals surface area contributed by atoms with Gasteiger partial charge in [-0.3, -0.25) is 10.1 Å². The van der Waals surface area contributed by atoms with E-state index in [9.17, 15) is 10.1 Å². The van der Waals surface area contributed by atoms with Gasteiger partial charge in [-0.15, -0.1) is 0 Å². The van der Waals surface area contributed by atoms with Crippen molar-refractivity contribution < 1.29 is 9.66 Å². The average Bonchev–Trinajstić information content (AvgIpc) is 2.48. The smallest absolute Gasteiger partial charge is 0.273 e. The number of halogens is 1. The van der Waals surface area contributed by atoms with E-state index >= 15 is 0 Å². The molecule has 0 saturated heterocycles. The second-order valence-electron chi connectivity index (χ2n) is 4.37. The van der Waals surface area contributed by atoms with Gasteiger partial charge in [-0.2, -0.15) is 0 Å². The lowest BCUT2D eigenvalue weighted by Gasteiger charge is -2.08. The van der Waals surface area contributed by atoms with Crippen LogP contribution in [0.1, 0.15) is 5.56 Å². The third-order valence-corrected chi connectivity index (χ3v) is 3.34. The second-order valence-corrected chi connectivity index (χ2v) is 5.28. The lowest BCUT2D eigenvalue weighted by Crippen LogP contribution is -2.21. The largest absolute Gasteiger partial charge is 0.492 e. The Kier molecular flexibility index (Phi) is 5.71. The number of nitrogens with one attached hydrogen (secondary N) is 1. The van der Waals surface area contributed by atoms with Gasteiger partial charge in [0, 0.05) is 29.2 Å². The van der Waals surface area contributed by atoms with Gasteiger partial charge in [-0.25, -0.2) is 0 Å². The molecule has 0 aliphatic carbocycles. The van der Waals surface area contributed by atoms with Crippen LogP contribution in [0.4, 0.5) is 5.69 Å². The normalized spacial score (nSPS) is 10.3. The number of benzene rings is 2. The molecule has 21 heavy (non-hydrogen) atoms. The minimum atomic E-state index is -0.371. The van der Waals surface area contributed by atoms with Crippen LogP contribution in [-0.4, -0.2) is 18.1 Å². The number of ether oxygens (including phenoxy) is 1. The Balaban J connectivity index is 1.81. The van der Waals surface area contributed by atoms with E-state index in [1.54, 1.807) is 12.1 Å². The van der Waals surface area contributed by atoms with Gasteiger partial charge in [0.05, 0.1) is 4.92 Å². The van der Waals surface area contributed by atoms with Gasteiger partial charge < -0.3 is 10.1 Å². The Labute approximate surface area is 131 Å². The molecule has 0 fully saturated rings. The molecule has 2 aromatic carbocycles. The molecule has 0 bridgehead atoms. The highest BCUT2D eigenvalue weighted by Gasteiger charge is 2.12. The molecular weight excluding hydrogens is 336 g/mol. The predicted octanol–water partition coefficient (Wildman–Crippen LogP) is 3.53. The molecule has 6 heteroatoms. The van der Waals surface area contributed by atoms with Crippen molar-refractivity contribution in [1.82, 2.24) is 5.32 Å². The number of rotatable bonds is 7. The van der Waals surface area contributed by atoms with Crippen molar-refractivity contribution in [2.45, 2.75) is 6.54 Å². The second kappa shape index (κ2) is 7.75. The molecule has 0 aromatic heterocycles. The summed E-state index contributed by atoms with van der Waals surface area (Å²) in [4.78, 5) is 10.6. The highest BCUT2D eigenvalue weighted by molar-refractivity contribution is 9.10. The van der Waals surface area contributed by atoms with Gasteiger partial charge in [0.2, 0.25) is 0 Å². The molecule has 0 amide bonds. The molecule has 0 atom stereocenters. The molecule has 0 heterocycles. The first-order valence-electron chi connectivity index (χ1n) is 6.48. The van der Waals surface area contributed by atoms with Crippen molar-refractivity contribution in [2.24, 2.45) is 0 Å². The first kappa shape index (κ1) is 15.5. The number of nitrogens with zero attached hydrogens (tertiary/aromatic N) is 1. The Bertz CT molecular complexity index is 605. The van der Waals surface area contributed by atoms with Gasteiger partial charge in [0.1, 0.15) is 12.4 Å². The van der Waals surface area contributed by atoms with Crippen LogP contribution in [0.15, 0.2) is 53.0 Å². The summed E-state index contributed by atoms with van der Waals surface area (Å²) in [6.07, 6.45) is 0. The molecular formula is C15H15BrN2O3. The van der Waals surface area contributed by atoms with E-state index in [-0.39, 0.29) is 10.6 Å². The van der Waals surface area contributed by atoms with E-state index in [2.05, 4.69) is 21.2 Å². The van der Waals surface area contributed by atoms with Crippen molar-refractivity contribution in [3.8, 4) is 5.75 Å². The molecule has 0 unspecified atom stereocenters. The maximum atomic E-state index is 10.9. The molecule has 0 aliphatic heterocycles. The molecule has 1 N–H and O–H groups in total. The van der Waals surface area contributed by atoms with E-state index < -0.39 is 0 Å². The van der Waals surface area contributed by atoms with Crippen molar-refractivity contribution in [3.05, 3.63) is 68.7 Å². The van der Waals surface area contributed by atoms with Crippen molar-refractivity contribution in [1.29, 1.82) is 0 Å². The zero-order valence-corrected chi connectivity index (χ0v) is 12.9. The monoisotopic (exact) mass is 350 g/mol. The van der Waals surface area contributed by atoms with Crippen LogP contribution in [0.2, 0.25) is 0 Å². The number of para-hydroxylation sites is 1. The maximum Gasteiger partial charge on any atom is 0.273 e. The van der Waals surface area contributed by atoms with E-state index in [1.165, 1.54) is 6.07 Å². The van der Waals surface area contributed by atoms with Crippen LogP contribution in [-0.2, 0) is 6.54 Å². The topological polar surface area (TPSA) is 64.4 Å². The van der Waals surface area contributed by atoms with Gasteiger partial charge >= 0.3 is 0 Å². The molecule has 5 nitrogen and oxygen atoms in total. The number of nitro benzene ring substituents is 1. The Morgan fingerprint density at radius 1 is 1.19 bits per heavy atom. The Morgan fingerprint density at radius 3 is 2.67 bits per heavy atom. The van der Waals surface area contributed by atoms with Crippen LogP contribution in [0.5, 0.6) is 5.75 Å². The van der Waals surface area contributed by atoms with E-state index in [0.29, 0.717) is 25.3 Å². The summed E-state index contributed by atoms with van der Waals surface area (Å²) in [5.74, 6) is 0.813. The van der Waals surface area contributed by atoms with Gasteiger partial charge in [-0.1, -0.05) is 34.1 Å². The molecule has 2 aromatic rings. The summed E-state index contributed by atoms with van der Waals surface area (Å²) in [7, 11) is 0. The standard InChI is InChI=1S/C15H15BrN2O3/c16-13-6-7-15(18(19)20)12(10-13)11-17-8-9-21-14-4-2-1-3-5-14/h1-7,10,17H,8-9,11H2. The summed E-state index contributed by atoms with van der Waals surface area (Å²) in [6, 6.07) is 14.4. The molecule has 0 aliphatic rings. The van der Waals surface area contributed by atoms with Gasteiger partial charge in [-0.05, 0) is 24.3 Å². The summed E-state index contributed by atoms with van der Waals surface area (Å²) in [6.45, 7) is 1.54. The van der Waals surface area contributed by atoms with Gasteiger partial charge in [0.25, 0.3) is 5.69 Å². The fourth-order valence-electron chi connectivity index (χ4n) is 1.85. The lowest BCUT2D eigenvalue weighted by atomic mass is 10.2. The predicted molar refractivity (Wildman–Crippen MR) is 84.4 cm³/mol. The number of hydrogen-bond acceptors (Lipinski definition) is 4. The van der Waals surface area contributed by atoms with Crippen LogP contribution in [0, 0.1) is 10.1 Å². The first-order valence-corrected chi connectivity index (χ1v) is 7.27. The zero-order valence-electron chi connectivity index (χ0n) is 11.3. The van der Waals surface area contributed by atoms with E-state index in [0.717, 1.165) is 10.2 Å². The highest BCUT2D eigenvalue weighted by Crippen LogP contribution is 2.22. The third-order valence-electron chi connectivity index (χ3n) is 2.84. The Hall–Kier alpha value is -1.92. The van der Waals surface area contributed by atoms with E-state index in [1.807, 2.05) is 30.3 Å². The molecule has 2 rings (SSSR count). The maximum absolute atomic E-state index is 10.9. The van der Waals surface area contributed by atoms with Crippen LogP contribution in [0.3, 0.4) is 0 Å². The lowest BCUT2D eigenvalue weighted by molar-refractivity contribution is -0.385. The minimum absolute atomic E-state index is 0.120. The molecule has 0 saturated carbocycles. The summed E-state index contributed by atoms with van der Waals surface area (Å²) in [5.41, 5.74) is 0.767.